The molecule has 1 saturated heterocycles. The van der Waals surface area contributed by atoms with Crippen molar-refractivity contribution in [1.29, 1.82) is 0 Å². The summed E-state index contributed by atoms with van der Waals surface area (Å²) in [6, 6.07) is 14.3. The smallest absolute Gasteiger partial charge is 0.229 e. The molecule has 0 saturated carbocycles. The zero-order valence-corrected chi connectivity index (χ0v) is 15.7. The zero-order valence-electron chi connectivity index (χ0n) is 14.2. The number of hydrogen-bond donors (Lipinski definition) is 2. The molecule has 7 heteroatoms. The fourth-order valence-corrected chi connectivity index (χ4v) is 3.14. The quantitative estimate of drug-likeness (QED) is 0.802. The molecule has 1 atom stereocenters. The monoisotopic (exact) mass is 415 g/mol. The molecule has 26 heavy (non-hydrogen) atoms. The highest BCUT2D eigenvalue weighted by Gasteiger charge is 2.35. The molecule has 1 aliphatic heterocycles. The Kier molecular flexibility index (Phi) is 5.37. The van der Waals surface area contributed by atoms with E-state index in [4.69, 9.17) is 0 Å². The lowest BCUT2D eigenvalue weighted by atomic mass is 10.1. The van der Waals surface area contributed by atoms with Crippen LogP contribution in [-0.2, 0) is 14.4 Å². The second kappa shape index (κ2) is 7.70. The van der Waals surface area contributed by atoms with Crippen LogP contribution in [0.2, 0.25) is 0 Å². The number of nitrogens with one attached hydrogen (secondary N) is 2. The number of carbonyl (C=O) groups is 3. The number of anilines is 3. The van der Waals surface area contributed by atoms with Gasteiger partial charge >= 0.3 is 0 Å². The van der Waals surface area contributed by atoms with Crippen molar-refractivity contribution in [2.45, 2.75) is 13.3 Å². The van der Waals surface area contributed by atoms with Gasteiger partial charge in [-0.05, 0) is 42.5 Å². The molecule has 134 valence electrons. The van der Waals surface area contributed by atoms with Gasteiger partial charge in [-0.3, -0.25) is 14.4 Å². The van der Waals surface area contributed by atoms with E-state index in [0.717, 1.165) is 10.2 Å². The van der Waals surface area contributed by atoms with Gasteiger partial charge in [-0.25, -0.2) is 0 Å². The molecule has 3 amide bonds. The van der Waals surface area contributed by atoms with Crippen LogP contribution in [-0.4, -0.2) is 24.3 Å². The van der Waals surface area contributed by atoms with E-state index in [1.54, 1.807) is 29.2 Å². The Balaban J connectivity index is 1.66. The van der Waals surface area contributed by atoms with Gasteiger partial charge in [-0.2, -0.15) is 0 Å². The third-order valence-corrected chi connectivity index (χ3v) is 4.61. The molecule has 1 heterocycles. The molecular formula is C19H18BrN3O3. The summed E-state index contributed by atoms with van der Waals surface area (Å²) in [4.78, 5) is 37.6. The highest BCUT2D eigenvalue weighted by atomic mass is 79.9. The van der Waals surface area contributed by atoms with Crippen LogP contribution in [0.1, 0.15) is 13.3 Å². The summed E-state index contributed by atoms with van der Waals surface area (Å²) in [5.41, 5.74) is 1.96. The van der Waals surface area contributed by atoms with Crippen molar-refractivity contribution in [2.24, 2.45) is 5.92 Å². The summed E-state index contributed by atoms with van der Waals surface area (Å²) in [6.07, 6.45) is 0.174. The summed E-state index contributed by atoms with van der Waals surface area (Å²) in [5.74, 6) is -0.881. The van der Waals surface area contributed by atoms with Gasteiger partial charge in [0.15, 0.2) is 0 Å². The molecule has 1 unspecified atom stereocenters. The molecule has 2 aromatic carbocycles. The minimum absolute atomic E-state index is 0.0699. The van der Waals surface area contributed by atoms with E-state index in [1.165, 1.54) is 6.92 Å². The lowest BCUT2D eigenvalue weighted by Crippen LogP contribution is -2.28. The van der Waals surface area contributed by atoms with Crippen LogP contribution in [0.15, 0.2) is 53.0 Å². The maximum atomic E-state index is 12.5. The largest absolute Gasteiger partial charge is 0.326 e. The molecule has 0 aromatic heterocycles. The Hall–Kier alpha value is -2.67. The highest BCUT2D eigenvalue weighted by Crippen LogP contribution is 2.27. The van der Waals surface area contributed by atoms with Gasteiger partial charge in [0.25, 0.3) is 0 Å². The first-order valence-corrected chi connectivity index (χ1v) is 8.96. The highest BCUT2D eigenvalue weighted by molar-refractivity contribution is 9.10. The zero-order chi connectivity index (χ0) is 18.7. The molecule has 2 aromatic rings. The van der Waals surface area contributed by atoms with Crippen molar-refractivity contribution in [3.05, 3.63) is 53.0 Å². The average Bonchev–Trinajstić information content (AvgIpc) is 2.97. The molecule has 0 bridgehead atoms. The number of hydrogen-bond acceptors (Lipinski definition) is 3. The summed E-state index contributed by atoms with van der Waals surface area (Å²) >= 11 is 3.37. The molecule has 1 aliphatic rings. The van der Waals surface area contributed by atoms with Gasteiger partial charge in [-0.15, -0.1) is 0 Å². The Morgan fingerprint density at radius 1 is 1.08 bits per heavy atom. The van der Waals surface area contributed by atoms with Crippen molar-refractivity contribution in [1.82, 2.24) is 0 Å². The number of rotatable bonds is 4. The van der Waals surface area contributed by atoms with Crippen molar-refractivity contribution in [3.63, 3.8) is 0 Å². The lowest BCUT2D eigenvalue weighted by molar-refractivity contribution is -0.122. The third kappa shape index (κ3) is 4.29. The maximum Gasteiger partial charge on any atom is 0.229 e. The molecule has 3 rings (SSSR count). The van der Waals surface area contributed by atoms with Crippen LogP contribution < -0.4 is 15.5 Å². The molecule has 0 aliphatic carbocycles. The SMILES string of the molecule is CC(=O)Nc1cccc(NC(=O)C2CC(=O)N(c3ccc(Br)cc3)C2)c1. The second-order valence-electron chi connectivity index (χ2n) is 6.13. The van der Waals surface area contributed by atoms with Crippen molar-refractivity contribution >= 4 is 50.7 Å². The van der Waals surface area contributed by atoms with E-state index < -0.39 is 5.92 Å². The molecule has 6 nitrogen and oxygen atoms in total. The molecule has 0 spiro atoms. The minimum atomic E-state index is -0.421. The molecular weight excluding hydrogens is 398 g/mol. The van der Waals surface area contributed by atoms with E-state index in [0.29, 0.717) is 17.9 Å². The first kappa shape index (κ1) is 18.1. The van der Waals surface area contributed by atoms with Crippen LogP contribution in [0.3, 0.4) is 0 Å². The van der Waals surface area contributed by atoms with Gasteiger partial charge in [0, 0.05) is 41.4 Å². The van der Waals surface area contributed by atoms with E-state index in [2.05, 4.69) is 26.6 Å². The molecule has 2 N–H and O–H groups in total. The summed E-state index contributed by atoms with van der Waals surface area (Å²) < 4.78 is 0.932. The van der Waals surface area contributed by atoms with E-state index in [1.807, 2.05) is 24.3 Å². The van der Waals surface area contributed by atoms with Gasteiger partial charge in [0.2, 0.25) is 17.7 Å². The Bertz CT molecular complexity index is 851. The van der Waals surface area contributed by atoms with Crippen LogP contribution in [0.5, 0.6) is 0 Å². The van der Waals surface area contributed by atoms with Crippen LogP contribution in [0, 0.1) is 5.92 Å². The summed E-state index contributed by atoms with van der Waals surface area (Å²) in [6.45, 7) is 1.77. The van der Waals surface area contributed by atoms with Gasteiger partial charge in [0.1, 0.15) is 0 Å². The molecule has 1 fully saturated rings. The first-order valence-electron chi connectivity index (χ1n) is 8.17. The normalized spacial score (nSPS) is 16.5. The third-order valence-electron chi connectivity index (χ3n) is 4.08. The fourth-order valence-electron chi connectivity index (χ4n) is 2.88. The Morgan fingerprint density at radius 2 is 1.73 bits per heavy atom. The van der Waals surface area contributed by atoms with Gasteiger partial charge < -0.3 is 15.5 Å². The standard InChI is InChI=1S/C19H18BrN3O3/c1-12(24)21-15-3-2-4-16(10-15)22-19(26)13-9-18(25)23(11-13)17-7-5-14(20)6-8-17/h2-8,10,13H,9,11H2,1H3,(H,21,24)(H,22,26). The van der Waals surface area contributed by atoms with Crippen molar-refractivity contribution in [3.8, 4) is 0 Å². The number of carbonyl (C=O) groups excluding carboxylic acids is 3. The van der Waals surface area contributed by atoms with Gasteiger partial charge in [-0.1, -0.05) is 22.0 Å². The average molecular weight is 416 g/mol. The van der Waals surface area contributed by atoms with Crippen LogP contribution in [0.4, 0.5) is 17.1 Å². The number of nitrogens with zero attached hydrogens (tertiary/aromatic N) is 1. The van der Waals surface area contributed by atoms with E-state index >= 15 is 0 Å². The summed E-state index contributed by atoms with van der Waals surface area (Å²) in [7, 11) is 0. The van der Waals surface area contributed by atoms with E-state index in [9.17, 15) is 14.4 Å². The second-order valence-corrected chi connectivity index (χ2v) is 7.05. The fraction of sp³-hybridized carbons (Fsp3) is 0.211. The minimum Gasteiger partial charge on any atom is -0.326 e. The number of benzene rings is 2. The van der Waals surface area contributed by atoms with Crippen molar-refractivity contribution < 1.29 is 14.4 Å². The van der Waals surface area contributed by atoms with Crippen LogP contribution in [0.25, 0.3) is 0 Å². The Morgan fingerprint density at radius 3 is 2.38 bits per heavy atom. The first-order chi connectivity index (χ1) is 12.4. The van der Waals surface area contributed by atoms with E-state index in [-0.39, 0.29) is 24.1 Å². The Labute approximate surface area is 159 Å². The topological polar surface area (TPSA) is 78.5 Å². The van der Waals surface area contributed by atoms with Crippen molar-refractivity contribution in [2.75, 3.05) is 22.1 Å². The summed E-state index contributed by atoms with van der Waals surface area (Å²) in [5, 5.41) is 5.49. The van der Waals surface area contributed by atoms with Gasteiger partial charge in [0.05, 0.1) is 5.92 Å². The molecule has 0 radical (unpaired) electrons. The maximum absolute atomic E-state index is 12.5. The lowest BCUT2D eigenvalue weighted by Gasteiger charge is -2.17. The predicted octanol–water partition coefficient (Wildman–Crippen LogP) is 3.40. The number of halogens is 1. The van der Waals surface area contributed by atoms with Crippen LogP contribution >= 0.6 is 15.9 Å². The predicted molar refractivity (Wildman–Crippen MR) is 104 cm³/mol. The number of amides is 3.